The van der Waals surface area contributed by atoms with Crippen molar-refractivity contribution in [3.8, 4) is 0 Å². The molecule has 0 aromatic heterocycles. The first-order valence-corrected chi connectivity index (χ1v) is 4.03. The predicted molar refractivity (Wildman–Crippen MR) is 58.4 cm³/mol. The molecule has 1 aromatic carbocycles. The highest BCUT2D eigenvalue weighted by atomic mass is 32.1. The van der Waals surface area contributed by atoms with Gasteiger partial charge >= 0.3 is 0 Å². The summed E-state index contributed by atoms with van der Waals surface area (Å²) in [4.78, 5) is 0. The SMILES string of the molecule is NC(=S)N/N=C\c1ccc(N)cc1. The average molecular weight is 194 g/mol. The van der Waals surface area contributed by atoms with E-state index in [9.17, 15) is 0 Å². The molecular weight excluding hydrogens is 184 g/mol. The van der Waals surface area contributed by atoms with Crippen LogP contribution in [0, 0.1) is 0 Å². The molecule has 0 atom stereocenters. The first-order valence-electron chi connectivity index (χ1n) is 3.62. The van der Waals surface area contributed by atoms with Gasteiger partial charge in [-0.25, -0.2) is 0 Å². The largest absolute Gasteiger partial charge is 0.399 e. The maximum atomic E-state index is 5.50. The Morgan fingerprint density at radius 2 is 2.00 bits per heavy atom. The number of rotatable bonds is 2. The second-order valence-electron chi connectivity index (χ2n) is 2.40. The van der Waals surface area contributed by atoms with Crippen molar-refractivity contribution < 1.29 is 0 Å². The van der Waals surface area contributed by atoms with E-state index in [-0.39, 0.29) is 5.11 Å². The standard InChI is InChI=1S/C8H10N4S/c9-7-3-1-6(2-4-7)5-11-12-8(10)13/h1-5H,9H2,(H3,10,12,13)/b11-5-. The van der Waals surface area contributed by atoms with Crippen LogP contribution in [0.1, 0.15) is 5.56 Å². The molecule has 5 heteroatoms. The molecule has 1 rings (SSSR count). The molecule has 13 heavy (non-hydrogen) atoms. The van der Waals surface area contributed by atoms with Crippen LogP contribution in [-0.4, -0.2) is 11.3 Å². The molecule has 0 radical (unpaired) electrons. The van der Waals surface area contributed by atoms with Crippen molar-refractivity contribution in [3.63, 3.8) is 0 Å². The number of nitrogens with one attached hydrogen (secondary N) is 1. The van der Waals surface area contributed by atoms with Crippen LogP contribution in [0.25, 0.3) is 0 Å². The normalized spacial score (nSPS) is 10.2. The lowest BCUT2D eigenvalue weighted by Gasteiger charge is -1.95. The number of anilines is 1. The van der Waals surface area contributed by atoms with Gasteiger partial charge in [0.25, 0.3) is 0 Å². The minimum absolute atomic E-state index is 0.145. The first kappa shape index (κ1) is 9.47. The summed E-state index contributed by atoms with van der Waals surface area (Å²) in [6, 6.07) is 7.28. The Morgan fingerprint density at radius 1 is 1.38 bits per heavy atom. The summed E-state index contributed by atoms with van der Waals surface area (Å²) in [7, 11) is 0. The quantitative estimate of drug-likeness (QED) is 0.276. The number of nitrogen functional groups attached to an aromatic ring is 1. The smallest absolute Gasteiger partial charge is 0.184 e. The lowest BCUT2D eigenvalue weighted by Crippen LogP contribution is -2.23. The van der Waals surface area contributed by atoms with Crippen LogP contribution >= 0.6 is 12.2 Å². The zero-order chi connectivity index (χ0) is 9.68. The van der Waals surface area contributed by atoms with Crippen molar-refractivity contribution in [1.29, 1.82) is 0 Å². The van der Waals surface area contributed by atoms with E-state index in [1.54, 1.807) is 18.3 Å². The highest BCUT2D eigenvalue weighted by Gasteiger charge is 1.86. The highest BCUT2D eigenvalue weighted by molar-refractivity contribution is 7.80. The van der Waals surface area contributed by atoms with Crippen molar-refractivity contribution in [2.75, 3.05) is 5.73 Å². The fourth-order valence-corrected chi connectivity index (χ4v) is 0.805. The van der Waals surface area contributed by atoms with E-state index in [0.29, 0.717) is 0 Å². The molecule has 1 aromatic rings. The van der Waals surface area contributed by atoms with Gasteiger partial charge in [0.15, 0.2) is 5.11 Å². The minimum atomic E-state index is 0.145. The van der Waals surface area contributed by atoms with Gasteiger partial charge < -0.3 is 11.5 Å². The maximum Gasteiger partial charge on any atom is 0.184 e. The van der Waals surface area contributed by atoms with Crippen LogP contribution in [0.3, 0.4) is 0 Å². The van der Waals surface area contributed by atoms with Crippen LogP contribution in [-0.2, 0) is 0 Å². The summed E-state index contributed by atoms with van der Waals surface area (Å²) in [5.41, 5.74) is 14.8. The maximum absolute atomic E-state index is 5.50. The number of benzene rings is 1. The van der Waals surface area contributed by atoms with E-state index >= 15 is 0 Å². The van der Waals surface area contributed by atoms with Gasteiger partial charge in [-0.3, -0.25) is 5.43 Å². The van der Waals surface area contributed by atoms with Gasteiger partial charge in [0.1, 0.15) is 0 Å². The van der Waals surface area contributed by atoms with Gasteiger partial charge in [0.2, 0.25) is 0 Å². The third kappa shape index (κ3) is 3.53. The first-order chi connectivity index (χ1) is 6.18. The zero-order valence-corrected chi connectivity index (χ0v) is 7.71. The molecule has 0 bridgehead atoms. The number of nitrogens with zero attached hydrogens (tertiary/aromatic N) is 1. The fourth-order valence-electron chi connectivity index (χ4n) is 0.753. The Hall–Kier alpha value is -1.62. The molecule has 0 saturated heterocycles. The molecule has 5 N–H and O–H groups in total. The van der Waals surface area contributed by atoms with Crippen molar-refractivity contribution in [2.24, 2.45) is 10.8 Å². The van der Waals surface area contributed by atoms with Crippen molar-refractivity contribution in [2.45, 2.75) is 0 Å². The van der Waals surface area contributed by atoms with Crippen molar-refractivity contribution in [3.05, 3.63) is 29.8 Å². The van der Waals surface area contributed by atoms with E-state index in [4.69, 9.17) is 11.5 Å². The van der Waals surface area contributed by atoms with E-state index in [0.717, 1.165) is 11.3 Å². The molecule has 0 aliphatic rings. The van der Waals surface area contributed by atoms with E-state index in [2.05, 4.69) is 22.7 Å². The Balaban J connectivity index is 2.59. The number of nitrogens with two attached hydrogens (primary N) is 2. The van der Waals surface area contributed by atoms with Gasteiger partial charge in [-0.1, -0.05) is 12.1 Å². The molecule has 0 aliphatic heterocycles. The summed E-state index contributed by atoms with van der Waals surface area (Å²) < 4.78 is 0. The lowest BCUT2D eigenvalue weighted by atomic mass is 10.2. The van der Waals surface area contributed by atoms with Gasteiger partial charge in [0, 0.05) is 5.69 Å². The Bertz CT molecular complexity index is 317. The fraction of sp³-hybridized carbons (Fsp3) is 0. The molecular formula is C8H10N4S. The molecule has 4 nitrogen and oxygen atoms in total. The van der Waals surface area contributed by atoms with Gasteiger partial charge in [0.05, 0.1) is 6.21 Å². The van der Waals surface area contributed by atoms with E-state index in [1.165, 1.54) is 0 Å². The second-order valence-corrected chi connectivity index (χ2v) is 2.84. The summed E-state index contributed by atoms with van der Waals surface area (Å²) in [5, 5.41) is 3.93. The summed E-state index contributed by atoms with van der Waals surface area (Å²) >= 11 is 4.56. The zero-order valence-electron chi connectivity index (χ0n) is 6.90. The Morgan fingerprint density at radius 3 is 2.54 bits per heavy atom. The second kappa shape index (κ2) is 4.42. The van der Waals surface area contributed by atoms with Crippen LogP contribution < -0.4 is 16.9 Å². The number of hydrogen-bond donors (Lipinski definition) is 3. The summed E-state index contributed by atoms with van der Waals surface area (Å²) in [6.07, 6.45) is 1.61. The third-order valence-electron chi connectivity index (χ3n) is 1.32. The molecule has 0 amide bonds. The Kier molecular flexibility index (Phi) is 3.22. The summed E-state index contributed by atoms with van der Waals surface area (Å²) in [5.74, 6) is 0. The average Bonchev–Trinajstić information content (AvgIpc) is 2.08. The molecule has 68 valence electrons. The number of thiocarbonyl (C=S) groups is 1. The van der Waals surface area contributed by atoms with Crippen LogP contribution in [0.2, 0.25) is 0 Å². The molecule has 0 spiro atoms. The van der Waals surface area contributed by atoms with Crippen LogP contribution in [0.5, 0.6) is 0 Å². The monoisotopic (exact) mass is 194 g/mol. The molecule has 0 heterocycles. The van der Waals surface area contributed by atoms with Crippen molar-refractivity contribution in [1.82, 2.24) is 5.43 Å². The summed E-state index contributed by atoms with van der Waals surface area (Å²) in [6.45, 7) is 0. The highest BCUT2D eigenvalue weighted by Crippen LogP contribution is 2.02. The van der Waals surface area contributed by atoms with Gasteiger partial charge in [-0.15, -0.1) is 0 Å². The van der Waals surface area contributed by atoms with Crippen LogP contribution in [0.15, 0.2) is 29.4 Å². The number of hydrogen-bond acceptors (Lipinski definition) is 3. The number of hydrazone groups is 1. The van der Waals surface area contributed by atoms with E-state index < -0.39 is 0 Å². The van der Waals surface area contributed by atoms with Gasteiger partial charge in [-0.05, 0) is 29.9 Å². The van der Waals surface area contributed by atoms with Gasteiger partial charge in [-0.2, -0.15) is 5.10 Å². The molecule has 0 fully saturated rings. The van der Waals surface area contributed by atoms with Crippen LogP contribution in [0.4, 0.5) is 5.69 Å². The Labute approximate surface area is 81.6 Å². The van der Waals surface area contributed by atoms with E-state index in [1.807, 2.05) is 12.1 Å². The predicted octanol–water partition coefficient (Wildman–Crippen LogP) is 0.436. The third-order valence-corrected chi connectivity index (χ3v) is 1.42. The molecule has 0 aliphatic carbocycles. The topological polar surface area (TPSA) is 76.4 Å². The molecule has 0 saturated carbocycles. The molecule has 0 unspecified atom stereocenters. The minimum Gasteiger partial charge on any atom is -0.399 e. The van der Waals surface area contributed by atoms with Crippen molar-refractivity contribution >= 4 is 29.2 Å². The lowest BCUT2D eigenvalue weighted by molar-refractivity contribution is 1.04.